The van der Waals surface area contributed by atoms with Crippen molar-refractivity contribution in [3.8, 4) is 0 Å². The maximum atomic E-state index is 14.1. The van der Waals surface area contributed by atoms with Crippen molar-refractivity contribution < 1.29 is 22.4 Å². The van der Waals surface area contributed by atoms with Crippen molar-refractivity contribution in [2.45, 2.75) is 56.6 Å². The first-order valence-electron chi connectivity index (χ1n) is 9.82. The first-order chi connectivity index (χ1) is 14.4. The molecular formula is C22H28FN3O4S. The summed E-state index contributed by atoms with van der Waals surface area (Å²) < 4.78 is 41.9. The molecule has 0 bridgehead atoms. The Labute approximate surface area is 182 Å². The highest BCUT2D eigenvalue weighted by Crippen LogP contribution is 2.15. The number of carbonyl (C=O) groups excluding carboxylic acids is 2. The zero-order valence-electron chi connectivity index (χ0n) is 18.0. The van der Waals surface area contributed by atoms with Crippen LogP contribution in [-0.4, -0.2) is 37.9 Å². The number of rotatable bonds is 8. The molecule has 0 fully saturated rings. The van der Waals surface area contributed by atoms with Gasteiger partial charge >= 0.3 is 0 Å². The van der Waals surface area contributed by atoms with Gasteiger partial charge in [-0.3, -0.25) is 9.59 Å². The van der Waals surface area contributed by atoms with Crippen LogP contribution in [0.4, 0.5) is 4.39 Å². The molecule has 2 aromatic carbocycles. The largest absolute Gasteiger partial charge is 0.350 e. The standard InChI is InChI=1S/C22H28FN3O4S/c1-15(20(27)25-22(2,3)4)24-21(28)18(14-16-10-6-5-7-11-16)26-31(29,30)19-13-9-8-12-17(19)23/h5-13,15,18,26H,14H2,1-4H3,(H,24,28)(H,25,27)/t15-,18-/m1/s1. The number of hydrogen-bond acceptors (Lipinski definition) is 4. The molecule has 168 valence electrons. The van der Waals surface area contributed by atoms with E-state index < -0.39 is 50.2 Å². The zero-order valence-corrected chi connectivity index (χ0v) is 18.8. The van der Waals surface area contributed by atoms with Gasteiger partial charge in [-0.05, 0) is 51.8 Å². The molecule has 0 aliphatic carbocycles. The van der Waals surface area contributed by atoms with E-state index >= 15 is 0 Å². The quantitative estimate of drug-likeness (QED) is 0.574. The molecule has 2 atom stereocenters. The topological polar surface area (TPSA) is 104 Å². The molecule has 3 N–H and O–H groups in total. The van der Waals surface area contributed by atoms with Gasteiger partial charge in [0, 0.05) is 5.54 Å². The van der Waals surface area contributed by atoms with Crippen molar-refractivity contribution in [3.63, 3.8) is 0 Å². The van der Waals surface area contributed by atoms with Crippen molar-refractivity contribution in [3.05, 3.63) is 66.0 Å². The van der Waals surface area contributed by atoms with E-state index in [2.05, 4.69) is 15.4 Å². The van der Waals surface area contributed by atoms with Crippen LogP contribution < -0.4 is 15.4 Å². The lowest BCUT2D eigenvalue weighted by molar-refractivity contribution is -0.130. The fraction of sp³-hybridized carbons (Fsp3) is 0.364. The lowest BCUT2D eigenvalue weighted by Crippen LogP contribution is -2.55. The first kappa shape index (κ1) is 24.5. The molecule has 9 heteroatoms. The minimum Gasteiger partial charge on any atom is -0.350 e. The highest BCUT2D eigenvalue weighted by Gasteiger charge is 2.30. The van der Waals surface area contributed by atoms with E-state index in [0.717, 1.165) is 12.1 Å². The Hall–Kier alpha value is -2.78. The van der Waals surface area contributed by atoms with E-state index in [4.69, 9.17) is 0 Å². The number of halogens is 1. The van der Waals surface area contributed by atoms with Gasteiger partial charge in [0.25, 0.3) is 0 Å². The van der Waals surface area contributed by atoms with E-state index in [9.17, 15) is 22.4 Å². The van der Waals surface area contributed by atoms with Gasteiger partial charge in [-0.1, -0.05) is 42.5 Å². The van der Waals surface area contributed by atoms with Crippen LogP contribution in [0.25, 0.3) is 0 Å². The van der Waals surface area contributed by atoms with Crippen molar-refractivity contribution in [2.24, 2.45) is 0 Å². The molecular weight excluding hydrogens is 421 g/mol. The van der Waals surface area contributed by atoms with Crippen molar-refractivity contribution >= 4 is 21.8 Å². The maximum absolute atomic E-state index is 14.1. The third-order valence-corrected chi connectivity index (χ3v) is 5.78. The lowest BCUT2D eigenvalue weighted by Gasteiger charge is -2.25. The summed E-state index contributed by atoms with van der Waals surface area (Å²) in [5, 5.41) is 5.29. The van der Waals surface area contributed by atoms with Crippen LogP contribution >= 0.6 is 0 Å². The predicted molar refractivity (Wildman–Crippen MR) is 116 cm³/mol. The average molecular weight is 450 g/mol. The number of amides is 2. The van der Waals surface area contributed by atoms with Crippen LogP contribution in [0, 0.1) is 5.82 Å². The molecule has 0 aliphatic rings. The molecule has 0 aromatic heterocycles. The molecule has 7 nitrogen and oxygen atoms in total. The number of hydrogen-bond donors (Lipinski definition) is 3. The Morgan fingerprint density at radius 3 is 2.13 bits per heavy atom. The van der Waals surface area contributed by atoms with Gasteiger partial charge < -0.3 is 10.6 Å². The van der Waals surface area contributed by atoms with E-state index in [0.29, 0.717) is 5.56 Å². The van der Waals surface area contributed by atoms with Gasteiger partial charge in [0.2, 0.25) is 21.8 Å². The second-order valence-electron chi connectivity index (χ2n) is 8.26. The van der Waals surface area contributed by atoms with Crippen LogP contribution in [0.15, 0.2) is 59.5 Å². The van der Waals surface area contributed by atoms with Crippen molar-refractivity contribution in [1.29, 1.82) is 0 Å². The third-order valence-electron chi connectivity index (χ3n) is 4.27. The summed E-state index contributed by atoms with van der Waals surface area (Å²) in [7, 11) is -4.33. The molecule has 2 amide bonds. The van der Waals surface area contributed by atoms with Crippen LogP contribution in [0.5, 0.6) is 0 Å². The minimum absolute atomic E-state index is 0.0218. The van der Waals surface area contributed by atoms with Crippen LogP contribution in [0.1, 0.15) is 33.3 Å². The number of nitrogens with one attached hydrogen (secondary N) is 3. The second kappa shape index (κ2) is 10.0. The fourth-order valence-corrected chi connectivity index (χ4v) is 4.08. The normalized spacial score (nSPS) is 13.8. The number of carbonyl (C=O) groups is 2. The van der Waals surface area contributed by atoms with E-state index in [1.54, 1.807) is 51.1 Å². The molecule has 2 rings (SSSR count). The minimum atomic E-state index is -4.33. The van der Waals surface area contributed by atoms with Gasteiger partial charge in [0.05, 0.1) is 0 Å². The smallest absolute Gasteiger partial charge is 0.244 e. The monoisotopic (exact) mass is 449 g/mol. The summed E-state index contributed by atoms with van der Waals surface area (Å²) in [6, 6.07) is 11.6. The molecule has 0 unspecified atom stereocenters. The van der Waals surface area contributed by atoms with Crippen LogP contribution in [0.2, 0.25) is 0 Å². The summed E-state index contributed by atoms with van der Waals surface area (Å²) in [5.41, 5.74) is 0.206. The summed E-state index contributed by atoms with van der Waals surface area (Å²) in [5.74, 6) is -2.02. The predicted octanol–water partition coefficient (Wildman–Crippen LogP) is 2.13. The summed E-state index contributed by atoms with van der Waals surface area (Å²) in [6.07, 6.45) is 0.0218. The van der Waals surface area contributed by atoms with Gasteiger partial charge in [0.1, 0.15) is 22.8 Å². The summed E-state index contributed by atoms with van der Waals surface area (Å²) in [4.78, 5) is 24.7. The molecule has 2 aromatic rings. The molecule has 0 aliphatic heterocycles. The van der Waals surface area contributed by atoms with Gasteiger partial charge in [0.15, 0.2) is 0 Å². The molecule has 0 saturated heterocycles. The molecule has 0 heterocycles. The fourth-order valence-electron chi connectivity index (χ4n) is 2.81. The number of benzene rings is 2. The average Bonchev–Trinajstić information content (AvgIpc) is 2.67. The van der Waals surface area contributed by atoms with Crippen LogP contribution in [-0.2, 0) is 26.0 Å². The van der Waals surface area contributed by atoms with E-state index in [1.165, 1.54) is 19.1 Å². The molecule has 0 radical (unpaired) electrons. The van der Waals surface area contributed by atoms with Gasteiger partial charge in [-0.15, -0.1) is 0 Å². The molecule has 0 saturated carbocycles. The van der Waals surface area contributed by atoms with E-state index in [-0.39, 0.29) is 6.42 Å². The summed E-state index contributed by atoms with van der Waals surface area (Å²) >= 11 is 0. The van der Waals surface area contributed by atoms with Crippen LogP contribution in [0.3, 0.4) is 0 Å². The Bertz CT molecular complexity index is 1020. The summed E-state index contributed by atoms with van der Waals surface area (Å²) in [6.45, 7) is 6.92. The SMILES string of the molecule is C[C@@H](NC(=O)[C@@H](Cc1ccccc1)NS(=O)(=O)c1ccccc1F)C(=O)NC(C)(C)C. The highest BCUT2D eigenvalue weighted by molar-refractivity contribution is 7.89. The Kier molecular flexibility index (Phi) is 7.91. The van der Waals surface area contributed by atoms with Crippen molar-refractivity contribution in [2.75, 3.05) is 0 Å². The van der Waals surface area contributed by atoms with Gasteiger partial charge in [-0.25, -0.2) is 12.8 Å². The Morgan fingerprint density at radius 2 is 1.55 bits per heavy atom. The Balaban J connectivity index is 2.25. The zero-order chi connectivity index (χ0) is 23.2. The second-order valence-corrected chi connectivity index (χ2v) is 9.95. The maximum Gasteiger partial charge on any atom is 0.244 e. The van der Waals surface area contributed by atoms with Gasteiger partial charge in [-0.2, -0.15) is 4.72 Å². The number of sulfonamides is 1. The highest BCUT2D eigenvalue weighted by atomic mass is 32.2. The first-order valence-corrected chi connectivity index (χ1v) is 11.3. The molecule has 0 spiro atoms. The third kappa shape index (κ3) is 7.45. The lowest BCUT2D eigenvalue weighted by atomic mass is 10.1. The van der Waals surface area contributed by atoms with E-state index in [1.807, 2.05) is 0 Å². The Morgan fingerprint density at radius 1 is 0.968 bits per heavy atom. The molecule has 31 heavy (non-hydrogen) atoms. The van der Waals surface area contributed by atoms with Crippen molar-refractivity contribution in [1.82, 2.24) is 15.4 Å².